The summed E-state index contributed by atoms with van der Waals surface area (Å²) in [5.41, 5.74) is 5.22. The van der Waals surface area contributed by atoms with E-state index in [-0.39, 0.29) is 17.2 Å². The Morgan fingerprint density at radius 2 is 1.96 bits per heavy atom. The number of hydrogen-bond donors (Lipinski definition) is 2. The highest BCUT2D eigenvalue weighted by molar-refractivity contribution is 7.13. The summed E-state index contributed by atoms with van der Waals surface area (Å²) in [6, 6.07) is 8.28. The van der Waals surface area contributed by atoms with E-state index in [1.54, 1.807) is 11.3 Å². The highest BCUT2D eigenvalue weighted by Gasteiger charge is 2.24. The van der Waals surface area contributed by atoms with Crippen LogP contribution in [0.15, 0.2) is 29.8 Å². The monoisotopic (exact) mass is 401 g/mol. The lowest BCUT2D eigenvalue weighted by atomic mass is 9.82. The molecule has 6 heteroatoms. The first-order valence-corrected chi connectivity index (χ1v) is 10.6. The van der Waals surface area contributed by atoms with Gasteiger partial charge >= 0.3 is 0 Å². The number of thiazole rings is 1. The number of rotatable bonds is 10. The lowest BCUT2D eigenvalue weighted by molar-refractivity contribution is -0.126. The van der Waals surface area contributed by atoms with Crippen molar-refractivity contribution in [2.75, 3.05) is 6.54 Å². The molecule has 2 rings (SSSR count). The van der Waals surface area contributed by atoms with Crippen LogP contribution in [0.5, 0.6) is 0 Å². The molecule has 1 aromatic carbocycles. The van der Waals surface area contributed by atoms with Gasteiger partial charge in [-0.25, -0.2) is 4.98 Å². The van der Waals surface area contributed by atoms with Crippen LogP contribution in [0, 0.1) is 18.3 Å². The van der Waals surface area contributed by atoms with E-state index in [1.165, 1.54) is 4.88 Å². The third kappa shape index (κ3) is 7.08. The largest absolute Gasteiger partial charge is 0.359 e. The Balaban J connectivity index is 1.93. The molecule has 0 bridgehead atoms. The van der Waals surface area contributed by atoms with Gasteiger partial charge in [-0.15, -0.1) is 11.3 Å². The quantitative estimate of drug-likeness (QED) is 0.460. The minimum atomic E-state index is -0.0485. The predicted octanol–water partition coefficient (Wildman–Crippen LogP) is 4.31. The fourth-order valence-corrected chi connectivity index (χ4v) is 4.07. The van der Waals surface area contributed by atoms with Gasteiger partial charge in [0, 0.05) is 19.0 Å². The summed E-state index contributed by atoms with van der Waals surface area (Å²) in [7, 11) is 0. The predicted molar refractivity (Wildman–Crippen MR) is 115 cm³/mol. The topological polar surface area (TPSA) is 71.1 Å². The van der Waals surface area contributed by atoms with Crippen molar-refractivity contribution in [3.63, 3.8) is 0 Å². The van der Waals surface area contributed by atoms with Crippen molar-refractivity contribution in [2.45, 2.75) is 53.5 Å². The van der Waals surface area contributed by atoms with E-state index < -0.39 is 0 Å². The maximum Gasteiger partial charge on any atom is 0.223 e. The highest BCUT2D eigenvalue weighted by atomic mass is 32.1. The highest BCUT2D eigenvalue weighted by Crippen LogP contribution is 2.28. The molecular weight excluding hydrogens is 370 g/mol. The number of aryl methyl sites for hydroxylation is 1. The third-order valence-corrected chi connectivity index (χ3v) is 5.59. The lowest BCUT2D eigenvalue weighted by Crippen LogP contribution is -2.33. The first-order chi connectivity index (χ1) is 13.3. The number of hydrogen-bond acceptors (Lipinski definition) is 4. The Labute approximate surface area is 172 Å². The summed E-state index contributed by atoms with van der Waals surface area (Å²) in [4.78, 5) is 28.6. The number of carbonyl (C=O) groups is 2. The van der Waals surface area contributed by atoms with E-state index in [0.29, 0.717) is 19.5 Å². The maximum absolute atomic E-state index is 12.7. The minimum Gasteiger partial charge on any atom is -0.359 e. The smallest absolute Gasteiger partial charge is 0.223 e. The van der Waals surface area contributed by atoms with Crippen LogP contribution in [0.25, 0.3) is 10.4 Å². The van der Waals surface area contributed by atoms with E-state index >= 15 is 0 Å². The van der Waals surface area contributed by atoms with Crippen LogP contribution >= 0.6 is 11.3 Å². The summed E-state index contributed by atoms with van der Waals surface area (Å²) in [6.07, 6.45) is 3.10. The summed E-state index contributed by atoms with van der Waals surface area (Å²) in [5.74, 6) is 0.0379. The number of carbonyl (C=O) groups excluding carboxylic acids is 2. The fourth-order valence-electron chi connectivity index (χ4n) is 3.26. The summed E-state index contributed by atoms with van der Waals surface area (Å²) >= 11 is 1.64. The van der Waals surface area contributed by atoms with E-state index in [1.807, 2.05) is 12.4 Å². The summed E-state index contributed by atoms with van der Waals surface area (Å²) in [5, 5.41) is 5.76. The number of amides is 2. The fraction of sp³-hybridized carbons (Fsp3) is 0.500. The molecule has 1 aromatic heterocycles. The molecular formula is C22H31N3O2S. The molecule has 0 spiro atoms. The molecule has 0 aliphatic carbocycles. The van der Waals surface area contributed by atoms with Crippen LogP contribution in [-0.2, 0) is 16.1 Å². The number of nitrogens with zero attached hydrogens (tertiary/aromatic N) is 1. The Morgan fingerprint density at radius 3 is 2.54 bits per heavy atom. The molecule has 1 unspecified atom stereocenters. The molecule has 5 nitrogen and oxygen atoms in total. The molecule has 0 saturated heterocycles. The number of benzene rings is 1. The molecule has 2 aromatic rings. The molecule has 0 saturated carbocycles. The second-order valence-corrected chi connectivity index (χ2v) is 9.21. The number of nitrogens with one attached hydrogen (secondary N) is 2. The van der Waals surface area contributed by atoms with Crippen molar-refractivity contribution in [3.05, 3.63) is 41.0 Å². The molecule has 0 aliphatic rings. The van der Waals surface area contributed by atoms with E-state index in [2.05, 4.69) is 60.7 Å². The molecule has 152 valence electrons. The summed E-state index contributed by atoms with van der Waals surface area (Å²) in [6.45, 7) is 9.59. The van der Waals surface area contributed by atoms with Gasteiger partial charge in [-0.3, -0.25) is 9.59 Å². The Hall–Kier alpha value is -2.21. The van der Waals surface area contributed by atoms with E-state index in [0.717, 1.165) is 36.1 Å². The van der Waals surface area contributed by atoms with E-state index in [4.69, 9.17) is 0 Å². The normalized spacial score (nSPS) is 12.4. The van der Waals surface area contributed by atoms with Crippen molar-refractivity contribution >= 4 is 23.7 Å². The van der Waals surface area contributed by atoms with Crippen LogP contribution in [0.2, 0.25) is 0 Å². The van der Waals surface area contributed by atoms with E-state index in [9.17, 15) is 9.59 Å². The first kappa shape index (κ1) is 22.1. The van der Waals surface area contributed by atoms with Crippen LogP contribution in [-0.4, -0.2) is 23.8 Å². The zero-order valence-corrected chi connectivity index (χ0v) is 18.1. The zero-order chi connectivity index (χ0) is 20.6. The first-order valence-electron chi connectivity index (χ1n) is 9.74. The molecule has 2 N–H and O–H groups in total. The second-order valence-electron chi connectivity index (χ2n) is 8.36. The Bertz CT molecular complexity index is 763. The minimum absolute atomic E-state index is 0.0485. The van der Waals surface area contributed by atoms with Crippen molar-refractivity contribution in [3.8, 4) is 10.4 Å². The lowest BCUT2D eigenvalue weighted by Gasteiger charge is -2.25. The number of aromatic nitrogens is 1. The average molecular weight is 402 g/mol. The van der Waals surface area contributed by atoms with Crippen LogP contribution in [0.1, 0.15) is 51.3 Å². The Kier molecular flexibility index (Phi) is 8.18. The van der Waals surface area contributed by atoms with Crippen molar-refractivity contribution < 1.29 is 9.59 Å². The van der Waals surface area contributed by atoms with Gasteiger partial charge in [0.15, 0.2) is 0 Å². The van der Waals surface area contributed by atoms with Crippen molar-refractivity contribution in [1.29, 1.82) is 0 Å². The van der Waals surface area contributed by atoms with Crippen LogP contribution < -0.4 is 10.6 Å². The molecule has 1 atom stereocenters. The van der Waals surface area contributed by atoms with Crippen LogP contribution in [0.3, 0.4) is 0 Å². The maximum atomic E-state index is 12.7. The van der Waals surface area contributed by atoms with Gasteiger partial charge in [-0.05, 0) is 42.7 Å². The van der Waals surface area contributed by atoms with Gasteiger partial charge < -0.3 is 10.6 Å². The molecule has 0 fully saturated rings. The third-order valence-electron chi connectivity index (χ3n) is 4.61. The van der Waals surface area contributed by atoms with Gasteiger partial charge in [0.05, 0.1) is 16.1 Å². The second kappa shape index (κ2) is 10.4. The van der Waals surface area contributed by atoms with Crippen molar-refractivity contribution in [1.82, 2.24) is 15.6 Å². The molecule has 0 radical (unpaired) electrons. The van der Waals surface area contributed by atoms with Gasteiger partial charge in [-0.2, -0.15) is 0 Å². The van der Waals surface area contributed by atoms with Gasteiger partial charge in [0.25, 0.3) is 0 Å². The van der Waals surface area contributed by atoms with Gasteiger partial charge in [0.2, 0.25) is 12.3 Å². The standard InChI is InChI=1S/C22H31N3O2S/c1-16-20(28-15-25-16)18-9-7-17(8-10-18)13-24-21(27)19(12-22(2,3)4)6-5-11-23-14-26/h7-10,14-15,19H,5-6,11-13H2,1-4H3,(H,23,26)(H,24,27). The SMILES string of the molecule is Cc1ncsc1-c1ccc(CNC(=O)C(CCCNC=O)CC(C)(C)C)cc1. The average Bonchev–Trinajstić information content (AvgIpc) is 3.07. The van der Waals surface area contributed by atoms with Crippen molar-refractivity contribution in [2.24, 2.45) is 11.3 Å². The molecule has 0 aliphatic heterocycles. The summed E-state index contributed by atoms with van der Waals surface area (Å²) < 4.78 is 0. The Morgan fingerprint density at radius 1 is 1.25 bits per heavy atom. The van der Waals surface area contributed by atoms with Gasteiger partial charge in [-0.1, -0.05) is 45.0 Å². The van der Waals surface area contributed by atoms with Crippen LogP contribution in [0.4, 0.5) is 0 Å². The molecule has 2 amide bonds. The van der Waals surface area contributed by atoms with Gasteiger partial charge in [0.1, 0.15) is 0 Å². The molecule has 28 heavy (non-hydrogen) atoms. The molecule has 1 heterocycles. The zero-order valence-electron chi connectivity index (χ0n) is 17.2.